The number of carbonyl (C=O) groups excluding carboxylic acids is 1. The first kappa shape index (κ1) is 13.3. The molecule has 7 nitrogen and oxygen atoms in total. The van der Waals surface area contributed by atoms with Gasteiger partial charge in [0.15, 0.2) is 0 Å². The van der Waals surface area contributed by atoms with Crippen molar-refractivity contribution in [1.29, 1.82) is 0 Å². The summed E-state index contributed by atoms with van der Waals surface area (Å²) in [7, 11) is -3.98. The van der Waals surface area contributed by atoms with E-state index >= 15 is 0 Å². The Morgan fingerprint density at radius 2 is 2.14 bits per heavy atom. The molecule has 0 aliphatic carbocycles. The number of aliphatic hydroxyl groups excluding tert-OH is 1. The lowest BCUT2D eigenvalue weighted by molar-refractivity contribution is -0.123. The van der Waals surface area contributed by atoms with Crippen molar-refractivity contribution in [3.8, 4) is 0 Å². The molecule has 0 bridgehead atoms. The van der Waals surface area contributed by atoms with Crippen LogP contribution in [0.25, 0.3) is 0 Å². The lowest BCUT2D eigenvalue weighted by Gasteiger charge is -2.08. The third-order valence-electron chi connectivity index (χ3n) is 1.41. The number of nitrogens with two attached hydrogens (primary N) is 1. The van der Waals surface area contributed by atoms with Gasteiger partial charge in [-0.15, -0.1) is 0 Å². The van der Waals surface area contributed by atoms with E-state index in [1.807, 2.05) is 0 Å². The molecule has 5 N–H and O–H groups in total. The summed E-state index contributed by atoms with van der Waals surface area (Å²) in [6.07, 6.45) is 0.0999. The van der Waals surface area contributed by atoms with Gasteiger partial charge in [-0.2, -0.15) is 8.42 Å². The maximum absolute atomic E-state index is 10.9. The van der Waals surface area contributed by atoms with Gasteiger partial charge in [-0.05, 0) is 6.42 Å². The first-order chi connectivity index (χ1) is 6.37. The maximum atomic E-state index is 10.9. The number of hydrogen-bond acceptors (Lipinski definition) is 5. The van der Waals surface area contributed by atoms with Gasteiger partial charge in [0.2, 0.25) is 5.91 Å². The molecule has 1 amide bonds. The van der Waals surface area contributed by atoms with E-state index in [2.05, 4.69) is 5.32 Å². The fourth-order valence-electron chi connectivity index (χ4n) is 0.680. The number of hydrogen-bond donors (Lipinski definition) is 4. The lowest BCUT2D eigenvalue weighted by Crippen LogP contribution is -2.43. The predicted octanol–water partition coefficient (Wildman–Crippen LogP) is -2.30. The SMILES string of the molecule is N[C@@H](CO)C(=[18O])NCCCS(=O)(=O)O. The average molecular weight is 228 g/mol. The van der Waals surface area contributed by atoms with Crippen LogP contribution >= 0.6 is 0 Å². The number of rotatable bonds is 6. The molecule has 0 aliphatic rings. The Balaban J connectivity index is 3.61. The highest BCUT2D eigenvalue weighted by Gasteiger charge is 2.11. The fourth-order valence-corrected chi connectivity index (χ4v) is 1.19. The van der Waals surface area contributed by atoms with E-state index < -0.39 is 34.4 Å². The van der Waals surface area contributed by atoms with Crippen molar-refractivity contribution >= 4 is 16.0 Å². The van der Waals surface area contributed by atoms with E-state index in [4.69, 9.17) is 15.4 Å². The molecule has 0 saturated carbocycles. The van der Waals surface area contributed by atoms with Gasteiger partial charge in [0.25, 0.3) is 10.1 Å². The second-order valence-corrected chi connectivity index (χ2v) is 4.29. The van der Waals surface area contributed by atoms with Crippen LogP contribution < -0.4 is 11.1 Å². The molecule has 0 aromatic rings. The minimum Gasteiger partial charge on any atom is -0.394 e. The van der Waals surface area contributed by atoms with Crippen LogP contribution in [0.4, 0.5) is 0 Å². The summed E-state index contributed by atoms with van der Waals surface area (Å²) in [5, 5.41) is 10.8. The van der Waals surface area contributed by atoms with Crippen LogP contribution in [-0.4, -0.2) is 48.9 Å². The second-order valence-electron chi connectivity index (χ2n) is 2.72. The van der Waals surface area contributed by atoms with Gasteiger partial charge >= 0.3 is 0 Å². The third kappa shape index (κ3) is 6.78. The zero-order chi connectivity index (χ0) is 11.2. The predicted molar refractivity (Wildman–Crippen MR) is 49.1 cm³/mol. The van der Waals surface area contributed by atoms with Crippen LogP contribution in [0.3, 0.4) is 0 Å². The normalized spacial score (nSPS) is 13.6. The summed E-state index contributed by atoms with van der Waals surface area (Å²) in [4.78, 5) is 10.9. The molecule has 0 heterocycles. The van der Waals surface area contributed by atoms with Gasteiger partial charge in [0, 0.05) is 6.54 Å². The Morgan fingerprint density at radius 3 is 2.57 bits per heavy atom. The molecular weight excluding hydrogens is 214 g/mol. The molecule has 1 atom stereocenters. The van der Waals surface area contributed by atoms with Crippen molar-refractivity contribution in [2.45, 2.75) is 12.5 Å². The highest BCUT2D eigenvalue weighted by atomic mass is 32.2. The molecule has 0 aromatic carbocycles. The fraction of sp³-hybridized carbons (Fsp3) is 0.833. The molecule has 0 spiro atoms. The quantitative estimate of drug-likeness (QED) is 0.230. The van der Waals surface area contributed by atoms with Gasteiger partial charge in [0.1, 0.15) is 6.04 Å². The molecule has 0 unspecified atom stereocenters. The largest absolute Gasteiger partial charge is 0.394 e. The summed E-state index contributed by atoms with van der Waals surface area (Å²) in [6.45, 7) is -0.379. The van der Waals surface area contributed by atoms with Crippen molar-refractivity contribution < 1.29 is 22.9 Å². The van der Waals surface area contributed by atoms with E-state index in [-0.39, 0.29) is 13.0 Å². The molecule has 0 fully saturated rings. The van der Waals surface area contributed by atoms with Crippen LogP contribution in [0.5, 0.6) is 0 Å². The highest BCUT2D eigenvalue weighted by molar-refractivity contribution is 7.85. The van der Waals surface area contributed by atoms with Gasteiger partial charge in [-0.3, -0.25) is 9.35 Å². The van der Waals surface area contributed by atoms with E-state index in [0.29, 0.717) is 0 Å². The average Bonchev–Trinajstić information content (AvgIpc) is 2.09. The van der Waals surface area contributed by atoms with E-state index in [1.165, 1.54) is 0 Å². The monoisotopic (exact) mass is 228 g/mol. The van der Waals surface area contributed by atoms with Gasteiger partial charge < -0.3 is 16.2 Å². The number of amides is 1. The molecule has 8 heteroatoms. The van der Waals surface area contributed by atoms with Crippen molar-refractivity contribution in [2.24, 2.45) is 5.73 Å². The Bertz CT molecular complexity index is 276. The maximum Gasteiger partial charge on any atom is 0.264 e. The van der Waals surface area contributed by atoms with Crippen LogP contribution in [0.2, 0.25) is 0 Å². The van der Waals surface area contributed by atoms with Crippen LogP contribution in [0.1, 0.15) is 6.42 Å². The minimum absolute atomic E-state index is 0.0896. The van der Waals surface area contributed by atoms with Crippen LogP contribution in [0.15, 0.2) is 0 Å². The van der Waals surface area contributed by atoms with Crippen molar-refractivity contribution in [3.63, 3.8) is 0 Å². The molecule has 0 aromatic heterocycles. The van der Waals surface area contributed by atoms with E-state index in [1.54, 1.807) is 0 Å². The van der Waals surface area contributed by atoms with Gasteiger partial charge in [0.05, 0.1) is 12.4 Å². The molecule has 0 aliphatic heterocycles. The van der Waals surface area contributed by atoms with Crippen LogP contribution in [-0.2, 0) is 14.9 Å². The molecule has 0 saturated heterocycles. The standard InChI is InChI=1S/C6H14N2O5S/c7-5(4-9)6(10)8-2-1-3-14(11,12)13/h5,9H,1-4,7H2,(H,8,10)(H,11,12,13)/t5-/m0/s1/i10+2. The molecule has 84 valence electrons. The molecular formula is C6H14N2O5S. The Kier molecular flexibility index (Phi) is 5.62. The zero-order valence-electron chi connectivity index (χ0n) is 7.51. The van der Waals surface area contributed by atoms with Crippen LogP contribution in [0, 0.1) is 0 Å². The Labute approximate surface area is 82.0 Å². The van der Waals surface area contributed by atoms with Crippen molar-refractivity contribution in [3.05, 3.63) is 0 Å². The number of carbonyl (C=O) groups is 1. The molecule has 0 rings (SSSR count). The number of aliphatic hydroxyl groups is 1. The van der Waals surface area contributed by atoms with Crippen molar-refractivity contribution in [1.82, 2.24) is 5.32 Å². The zero-order valence-corrected chi connectivity index (χ0v) is 8.33. The lowest BCUT2D eigenvalue weighted by atomic mass is 10.3. The molecule has 0 radical (unpaired) electrons. The Morgan fingerprint density at radius 1 is 1.57 bits per heavy atom. The summed E-state index contributed by atoms with van der Waals surface area (Å²) in [6, 6.07) is -0.999. The molecule has 14 heavy (non-hydrogen) atoms. The smallest absolute Gasteiger partial charge is 0.264 e. The van der Waals surface area contributed by atoms with E-state index in [0.717, 1.165) is 0 Å². The highest BCUT2D eigenvalue weighted by Crippen LogP contribution is 1.87. The number of nitrogens with one attached hydrogen (secondary N) is 1. The first-order valence-electron chi connectivity index (χ1n) is 3.96. The summed E-state index contributed by atoms with van der Waals surface area (Å²) < 4.78 is 28.8. The van der Waals surface area contributed by atoms with E-state index in [9.17, 15) is 13.2 Å². The topological polar surface area (TPSA) is 130 Å². The van der Waals surface area contributed by atoms with Crippen molar-refractivity contribution in [2.75, 3.05) is 18.9 Å². The first-order valence-corrected chi connectivity index (χ1v) is 5.57. The van der Waals surface area contributed by atoms with Gasteiger partial charge in [-0.1, -0.05) is 0 Å². The van der Waals surface area contributed by atoms with Gasteiger partial charge in [-0.25, -0.2) is 0 Å². The third-order valence-corrected chi connectivity index (χ3v) is 2.22. The Hall–Kier alpha value is -0.700. The second kappa shape index (κ2) is 5.91. The minimum atomic E-state index is -3.98. The summed E-state index contributed by atoms with van der Waals surface area (Å²) in [5.74, 6) is -0.968. The summed E-state index contributed by atoms with van der Waals surface area (Å²) in [5.41, 5.74) is 5.15. The summed E-state index contributed by atoms with van der Waals surface area (Å²) >= 11 is 0.